The number of carbonyl (C=O) groups excluding carboxylic acids is 1. The average molecular weight is 323 g/mol. The van der Waals surface area contributed by atoms with Crippen molar-refractivity contribution in [1.29, 1.82) is 0 Å². The van der Waals surface area contributed by atoms with Crippen molar-refractivity contribution in [3.8, 4) is 0 Å². The van der Waals surface area contributed by atoms with Crippen LogP contribution in [-0.4, -0.2) is 49.2 Å². The van der Waals surface area contributed by atoms with E-state index in [1.807, 2.05) is 0 Å². The summed E-state index contributed by atoms with van der Waals surface area (Å²) in [6, 6.07) is 1.14. The first-order valence-electron chi connectivity index (χ1n) is 7.35. The second kappa shape index (κ2) is 7.34. The van der Waals surface area contributed by atoms with Crippen molar-refractivity contribution in [1.82, 2.24) is 10.3 Å². The number of methoxy groups -OCH3 is 1. The lowest BCUT2D eigenvalue weighted by Crippen LogP contribution is -2.44. The number of nitrogens with one attached hydrogen (secondary N) is 2. The van der Waals surface area contributed by atoms with Gasteiger partial charge in [-0.2, -0.15) is 0 Å². The highest BCUT2D eigenvalue weighted by Gasteiger charge is 2.32. The first kappa shape index (κ1) is 17.1. The minimum absolute atomic E-state index is 0.0145. The molecule has 23 heavy (non-hydrogen) atoms. The van der Waals surface area contributed by atoms with Crippen LogP contribution < -0.4 is 16.4 Å². The lowest BCUT2D eigenvalue weighted by molar-refractivity contribution is -0.385. The van der Waals surface area contributed by atoms with E-state index in [1.165, 1.54) is 0 Å². The number of rotatable bonds is 7. The van der Waals surface area contributed by atoms with Crippen molar-refractivity contribution in [3.63, 3.8) is 0 Å². The van der Waals surface area contributed by atoms with Crippen LogP contribution in [0, 0.1) is 15.5 Å². The molecule has 1 fully saturated rings. The van der Waals surface area contributed by atoms with Gasteiger partial charge in [0.1, 0.15) is 12.0 Å². The number of amides is 1. The molecular formula is C14H21N5O4. The van der Waals surface area contributed by atoms with Gasteiger partial charge in [-0.1, -0.05) is 0 Å². The van der Waals surface area contributed by atoms with Crippen LogP contribution in [0.4, 0.5) is 11.5 Å². The number of ether oxygens (including phenoxy) is 1. The molecule has 9 nitrogen and oxygen atoms in total. The van der Waals surface area contributed by atoms with Crippen LogP contribution in [0.3, 0.4) is 0 Å². The molecule has 126 valence electrons. The van der Waals surface area contributed by atoms with Crippen molar-refractivity contribution in [2.75, 3.05) is 38.7 Å². The summed E-state index contributed by atoms with van der Waals surface area (Å²) in [4.78, 5) is 25.7. The van der Waals surface area contributed by atoms with E-state index in [4.69, 9.17) is 10.5 Å². The summed E-state index contributed by atoms with van der Waals surface area (Å²) in [6.45, 7) is 2.91. The van der Waals surface area contributed by atoms with Crippen LogP contribution in [0.1, 0.15) is 23.2 Å². The fraction of sp³-hybridized carbons (Fsp3) is 0.571. The molecule has 0 unspecified atom stereocenters. The third-order valence-electron chi connectivity index (χ3n) is 4.10. The third kappa shape index (κ3) is 4.14. The van der Waals surface area contributed by atoms with Gasteiger partial charge < -0.3 is 21.1 Å². The molecule has 2 rings (SSSR count). The van der Waals surface area contributed by atoms with Gasteiger partial charge in [-0.15, -0.1) is 0 Å². The number of nitrogens with zero attached hydrogens (tertiary/aromatic N) is 2. The molecule has 1 aromatic heterocycles. The number of pyridine rings is 1. The van der Waals surface area contributed by atoms with E-state index in [2.05, 4.69) is 15.6 Å². The fourth-order valence-corrected chi connectivity index (χ4v) is 2.79. The van der Waals surface area contributed by atoms with E-state index in [9.17, 15) is 14.9 Å². The molecule has 0 saturated carbocycles. The number of hydrogen-bond acceptors (Lipinski definition) is 7. The Balaban J connectivity index is 2.18. The highest BCUT2D eigenvalue weighted by Crippen LogP contribution is 2.30. The summed E-state index contributed by atoms with van der Waals surface area (Å²) < 4.78 is 5.33. The summed E-state index contributed by atoms with van der Waals surface area (Å²) in [5.74, 6) is -0.494. The van der Waals surface area contributed by atoms with E-state index in [1.54, 1.807) is 7.11 Å². The first-order valence-corrected chi connectivity index (χ1v) is 7.35. The van der Waals surface area contributed by atoms with Gasteiger partial charge in [0.05, 0.1) is 17.1 Å². The van der Waals surface area contributed by atoms with Crippen molar-refractivity contribution < 1.29 is 14.5 Å². The number of carbonyl (C=O) groups is 1. The average Bonchev–Trinajstić information content (AvgIpc) is 2.54. The van der Waals surface area contributed by atoms with E-state index in [0.29, 0.717) is 13.2 Å². The smallest absolute Gasteiger partial charge is 0.288 e. The van der Waals surface area contributed by atoms with Gasteiger partial charge in [-0.25, -0.2) is 4.98 Å². The Morgan fingerprint density at radius 1 is 1.57 bits per heavy atom. The number of hydrogen-bond donors (Lipinski definition) is 3. The maximum atomic E-state index is 11.5. The van der Waals surface area contributed by atoms with E-state index in [-0.39, 0.29) is 22.5 Å². The Kier molecular flexibility index (Phi) is 5.45. The summed E-state index contributed by atoms with van der Waals surface area (Å²) >= 11 is 0. The Hall–Kier alpha value is -2.26. The predicted octanol–water partition coefficient (Wildman–Crippen LogP) is 0.517. The Labute approximate surface area is 133 Å². The SMILES string of the molecule is COCC1(CNc2ncc([N+](=O)[O-])cc2C(N)=O)CCNCC1. The maximum Gasteiger partial charge on any atom is 0.288 e. The first-order chi connectivity index (χ1) is 11.0. The number of nitro groups is 1. The molecule has 1 aromatic rings. The monoisotopic (exact) mass is 323 g/mol. The van der Waals surface area contributed by atoms with Crippen molar-refractivity contribution in [2.45, 2.75) is 12.8 Å². The maximum absolute atomic E-state index is 11.5. The van der Waals surface area contributed by atoms with Crippen LogP contribution in [0.25, 0.3) is 0 Å². The summed E-state index contributed by atoms with van der Waals surface area (Å²) in [6.07, 6.45) is 2.96. The van der Waals surface area contributed by atoms with Gasteiger partial charge in [0.25, 0.3) is 11.6 Å². The molecule has 2 heterocycles. The molecule has 1 aliphatic heterocycles. The topological polar surface area (TPSA) is 132 Å². The number of aromatic nitrogens is 1. The quantitative estimate of drug-likeness (QED) is 0.492. The molecular weight excluding hydrogens is 302 g/mol. The van der Waals surface area contributed by atoms with Crippen molar-refractivity contribution >= 4 is 17.4 Å². The second-order valence-corrected chi connectivity index (χ2v) is 5.75. The van der Waals surface area contributed by atoms with Gasteiger partial charge in [0.15, 0.2) is 0 Å². The zero-order valence-corrected chi connectivity index (χ0v) is 13.0. The molecule has 1 saturated heterocycles. The number of anilines is 1. The molecule has 9 heteroatoms. The number of primary amides is 1. The van der Waals surface area contributed by atoms with Gasteiger partial charge >= 0.3 is 0 Å². The Morgan fingerprint density at radius 2 is 2.26 bits per heavy atom. The van der Waals surface area contributed by atoms with Gasteiger partial charge in [0, 0.05) is 25.1 Å². The zero-order chi connectivity index (χ0) is 16.9. The van der Waals surface area contributed by atoms with Crippen molar-refractivity contribution in [2.24, 2.45) is 11.1 Å². The van der Waals surface area contributed by atoms with Crippen LogP contribution >= 0.6 is 0 Å². The molecule has 0 aliphatic carbocycles. The summed E-state index contributed by atoms with van der Waals surface area (Å²) in [7, 11) is 1.66. The van der Waals surface area contributed by atoms with Crippen LogP contribution in [0.5, 0.6) is 0 Å². The van der Waals surface area contributed by atoms with Gasteiger partial charge in [0.2, 0.25) is 0 Å². The minimum atomic E-state index is -0.755. The van der Waals surface area contributed by atoms with Crippen LogP contribution in [-0.2, 0) is 4.74 Å². The molecule has 0 spiro atoms. The van der Waals surface area contributed by atoms with Crippen molar-refractivity contribution in [3.05, 3.63) is 27.9 Å². The zero-order valence-electron chi connectivity index (χ0n) is 13.0. The molecule has 4 N–H and O–H groups in total. The highest BCUT2D eigenvalue weighted by molar-refractivity contribution is 5.98. The normalized spacial score (nSPS) is 16.7. The predicted molar refractivity (Wildman–Crippen MR) is 84.3 cm³/mol. The largest absolute Gasteiger partial charge is 0.384 e. The lowest BCUT2D eigenvalue weighted by Gasteiger charge is -2.37. The molecule has 1 amide bonds. The number of piperidine rings is 1. The van der Waals surface area contributed by atoms with E-state index >= 15 is 0 Å². The molecule has 0 aromatic carbocycles. The van der Waals surface area contributed by atoms with Crippen LogP contribution in [0.15, 0.2) is 12.3 Å². The third-order valence-corrected chi connectivity index (χ3v) is 4.10. The molecule has 0 bridgehead atoms. The Bertz CT molecular complexity index is 581. The van der Waals surface area contributed by atoms with E-state index < -0.39 is 10.8 Å². The fourth-order valence-electron chi connectivity index (χ4n) is 2.79. The molecule has 0 radical (unpaired) electrons. The molecule has 1 aliphatic rings. The molecule has 0 atom stereocenters. The van der Waals surface area contributed by atoms with Gasteiger partial charge in [-0.3, -0.25) is 14.9 Å². The minimum Gasteiger partial charge on any atom is -0.384 e. The summed E-state index contributed by atoms with van der Waals surface area (Å²) in [5, 5.41) is 17.2. The lowest BCUT2D eigenvalue weighted by atomic mass is 9.79. The van der Waals surface area contributed by atoms with Crippen LogP contribution in [0.2, 0.25) is 0 Å². The Morgan fingerprint density at radius 3 is 2.83 bits per heavy atom. The number of nitrogens with two attached hydrogens (primary N) is 1. The summed E-state index contributed by atoms with van der Waals surface area (Å²) in [5.41, 5.74) is 4.99. The van der Waals surface area contributed by atoms with Gasteiger partial charge in [-0.05, 0) is 25.9 Å². The standard InChI is InChI=1S/C14H21N5O4/c1-23-9-14(2-4-16-5-3-14)8-18-13-11(12(15)20)6-10(7-17-13)19(21)22/h6-7,16H,2-5,8-9H2,1H3,(H2,15,20)(H,17,18). The van der Waals surface area contributed by atoms with E-state index in [0.717, 1.165) is 38.2 Å². The second-order valence-electron chi connectivity index (χ2n) is 5.75. The highest BCUT2D eigenvalue weighted by atomic mass is 16.6.